The van der Waals surface area contributed by atoms with Crippen molar-refractivity contribution in [2.45, 2.75) is 18.6 Å². The van der Waals surface area contributed by atoms with Crippen LogP contribution in [0.1, 0.15) is 18.4 Å². The Kier molecular flexibility index (Phi) is 6.95. The van der Waals surface area contributed by atoms with Gasteiger partial charge in [0.05, 0.1) is 11.7 Å². The largest absolute Gasteiger partial charge is 0.340 e. The summed E-state index contributed by atoms with van der Waals surface area (Å²) in [7, 11) is -3.41. The molecular weight excluding hydrogens is 390 g/mol. The number of amides is 1. The third-order valence-electron chi connectivity index (χ3n) is 4.65. The van der Waals surface area contributed by atoms with Gasteiger partial charge in [0.1, 0.15) is 0 Å². The number of carbonyl (C=O) groups excluding carboxylic acids is 1. The number of benzene rings is 1. The predicted octanol–water partition coefficient (Wildman–Crippen LogP) is 1.94. The van der Waals surface area contributed by atoms with Gasteiger partial charge in [0, 0.05) is 37.7 Å². The third kappa shape index (κ3) is 6.10. The van der Waals surface area contributed by atoms with Crippen LogP contribution in [0.15, 0.2) is 55.4 Å². The second-order valence-electron chi connectivity index (χ2n) is 6.92. The zero-order valence-corrected chi connectivity index (χ0v) is 16.9. The highest BCUT2D eigenvalue weighted by atomic mass is 32.2. The molecule has 1 unspecified atom stereocenters. The van der Waals surface area contributed by atoms with E-state index >= 15 is 0 Å². The highest BCUT2D eigenvalue weighted by Gasteiger charge is 2.27. The Morgan fingerprint density at radius 3 is 2.66 bits per heavy atom. The molecule has 1 aliphatic rings. The van der Waals surface area contributed by atoms with Crippen molar-refractivity contribution in [3.63, 3.8) is 0 Å². The molecule has 0 spiro atoms. The highest BCUT2D eigenvalue weighted by molar-refractivity contribution is 7.88. The van der Waals surface area contributed by atoms with E-state index in [1.807, 2.05) is 4.90 Å². The predicted molar refractivity (Wildman–Crippen MR) is 113 cm³/mol. The molecule has 0 saturated carbocycles. The van der Waals surface area contributed by atoms with Crippen LogP contribution in [0.3, 0.4) is 0 Å². The Morgan fingerprint density at radius 2 is 1.97 bits per heavy atom. The molecule has 9 heteroatoms. The van der Waals surface area contributed by atoms with Gasteiger partial charge in [0.2, 0.25) is 21.9 Å². The SMILES string of the molecule is C=CCNS(=O)(=O)Cc1ccc(NC(=O)C2CCCN(c3ncccn3)C2)cc1. The van der Waals surface area contributed by atoms with Crippen molar-refractivity contribution in [1.82, 2.24) is 14.7 Å². The van der Waals surface area contributed by atoms with Gasteiger partial charge < -0.3 is 10.2 Å². The second-order valence-corrected chi connectivity index (χ2v) is 8.72. The summed E-state index contributed by atoms with van der Waals surface area (Å²) in [5.74, 6) is 0.305. The summed E-state index contributed by atoms with van der Waals surface area (Å²) >= 11 is 0. The number of rotatable bonds is 8. The summed E-state index contributed by atoms with van der Waals surface area (Å²) in [6.07, 6.45) is 6.58. The normalized spacial score (nSPS) is 17.0. The van der Waals surface area contributed by atoms with Crippen LogP contribution in [0.25, 0.3) is 0 Å². The van der Waals surface area contributed by atoms with Crippen LogP contribution in [0, 0.1) is 5.92 Å². The Hall–Kier alpha value is -2.78. The van der Waals surface area contributed by atoms with Crippen LogP contribution in [0.4, 0.5) is 11.6 Å². The monoisotopic (exact) mass is 415 g/mol. The minimum Gasteiger partial charge on any atom is -0.340 e. The summed E-state index contributed by atoms with van der Waals surface area (Å²) in [4.78, 5) is 23.2. The van der Waals surface area contributed by atoms with Crippen LogP contribution >= 0.6 is 0 Å². The van der Waals surface area contributed by atoms with E-state index in [0.29, 0.717) is 23.7 Å². The molecule has 0 radical (unpaired) electrons. The van der Waals surface area contributed by atoms with Crippen molar-refractivity contribution in [2.75, 3.05) is 29.9 Å². The summed E-state index contributed by atoms with van der Waals surface area (Å²) in [6.45, 7) is 5.09. The molecule has 8 nitrogen and oxygen atoms in total. The lowest BCUT2D eigenvalue weighted by Gasteiger charge is -2.31. The van der Waals surface area contributed by atoms with E-state index in [1.54, 1.807) is 42.7 Å². The molecule has 2 N–H and O–H groups in total. The lowest BCUT2D eigenvalue weighted by Crippen LogP contribution is -2.41. The quantitative estimate of drug-likeness (QED) is 0.639. The van der Waals surface area contributed by atoms with E-state index in [9.17, 15) is 13.2 Å². The summed E-state index contributed by atoms with van der Waals surface area (Å²) in [5.41, 5.74) is 1.29. The number of sulfonamides is 1. The number of piperidine rings is 1. The average molecular weight is 416 g/mol. The third-order valence-corrected chi connectivity index (χ3v) is 5.97. The summed E-state index contributed by atoms with van der Waals surface area (Å²) in [6, 6.07) is 8.61. The minimum atomic E-state index is -3.41. The fourth-order valence-electron chi connectivity index (χ4n) is 3.21. The molecule has 3 rings (SSSR count). The topological polar surface area (TPSA) is 104 Å². The fourth-order valence-corrected chi connectivity index (χ4v) is 4.32. The first kappa shape index (κ1) is 20.9. The number of aromatic nitrogens is 2. The first-order valence-corrected chi connectivity index (χ1v) is 11.1. The molecule has 29 heavy (non-hydrogen) atoms. The van der Waals surface area contributed by atoms with Crippen molar-refractivity contribution in [3.8, 4) is 0 Å². The van der Waals surface area contributed by atoms with Gasteiger partial charge in [-0.05, 0) is 36.6 Å². The molecule has 1 aliphatic heterocycles. The van der Waals surface area contributed by atoms with Gasteiger partial charge in [-0.1, -0.05) is 18.2 Å². The Morgan fingerprint density at radius 1 is 1.24 bits per heavy atom. The summed E-state index contributed by atoms with van der Waals surface area (Å²) in [5, 5.41) is 2.92. The molecule has 1 atom stereocenters. The van der Waals surface area contributed by atoms with Gasteiger partial charge in [-0.3, -0.25) is 4.79 Å². The van der Waals surface area contributed by atoms with E-state index in [2.05, 4.69) is 26.6 Å². The Bertz CT molecular complexity index is 932. The van der Waals surface area contributed by atoms with E-state index in [1.165, 1.54) is 6.08 Å². The molecule has 1 saturated heterocycles. The lowest BCUT2D eigenvalue weighted by atomic mass is 9.97. The second kappa shape index (κ2) is 9.62. The molecule has 0 bridgehead atoms. The van der Waals surface area contributed by atoms with Crippen LogP contribution in [-0.4, -0.2) is 43.9 Å². The van der Waals surface area contributed by atoms with E-state index < -0.39 is 10.0 Å². The van der Waals surface area contributed by atoms with Gasteiger partial charge in [-0.2, -0.15) is 0 Å². The smallest absolute Gasteiger partial charge is 0.229 e. The molecule has 0 aliphatic carbocycles. The van der Waals surface area contributed by atoms with Crippen molar-refractivity contribution < 1.29 is 13.2 Å². The van der Waals surface area contributed by atoms with Crippen LogP contribution in [0.2, 0.25) is 0 Å². The molecule has 1 aromatic carbocycles. The van der Waals surface area contributed by atoms with Gasteiger partial charge in [-0.15, -0.1) is 6.58 Å². The molecule has 2 aromatic rings. The lowest BCUT2D eigenvalue weighted by molar-refractivity contribution is -0.120. The van der Waals surface area contributed by atoms with Crippen molar-refractivity contribution in [2.24, 2.45) is 5.92 Å². The number of anilines is 2. The van der Waals surface area contributed by atoms with Crippen LogP contribution < -0.4 is 14.9 Å². The molecule has 154 valence electrons. The number of nitrogens with zero attached hydrogens (tertiary/aromatic N) is 3. The molecule has 2 heterocycles. The fraction of sp³-hybridized carbons (Fsp3) is 0.350. The van der Waals surface area contributed by atoms with Gasteiger partial charge >= 0.3 is 0 Å². The Labute approximate surface area is 171 Å². The number of hydrogen-bond donors (Lipinski definition) is 2. The number of nitrogens with one attached hydrogen (secondary N) is 2. The maximum Gasteiger partial charge on any atom is 0.229 e. The maximum absolute atomic E-state index is 12.7. The zero-order chi connectivity index (χ0) is 20.7. The van der Waals surface area contributed by atoms with Gasteiger partial charge in [0.15, 0.2) is 0 Å². The van der Waals surface area contributed by atoms with E-state index in [0.717, 1.165) is 19.4 Å². The standard InChI is InChI=1S/C20H25N5O3S/c1-2-10-23-29(27,28)15-16-6-8-18(9-7-16)24-19(26)17-5-3-13-25(14-17)20-21-11-4-12-22-20/h2,4,6-9,11-12,17,23H,1,3,5,10,13-15H2,(H,24,26). The molecular formula is C20H25N5O3S. The minimum absolute atomic E-state index is 0.0568. The van der Waals surface area contributed by atoms with E-state index in [-0.39, 0.29) is 24.1 Å². The first-order valence-electron chi connectivity index (χ1n) is 9.47. The van der Waals surface area contributed by atoms with Crippen LogP contribution in [-0.2, 0) is 20.6 Å². The number of hydrogen-bond acceptors (Lipinski definition) is 6. The molecule has 1 aromatic heterocycles. The first-order chi connectivity index (χ1) is 14.0. The van der Waals surface area contributed by atoms with Crippen molar-refractivity contribution in [1.29, 1.82) is 0 Å². The van der Waals surface area contributed by atoms with Crippen molar-refractivity contribution in [3.05, 3.63) is 60.9 Å². The van der Waals surface area contributed by atoms with E-state index in [4.69, 9.17) is 0 Å². The maximum atomic E-state index is 12.7. The van der Waals surface area contributed by atoms with Gasteiger partial charge in [0.25, 0.3) is 0 Å². The number of carbonyl (C=O) groups is 1. The van der Waals surface area contributed by atoms with Crippen molar-refractivity contribution >= 4 is 27.6 Å². The Balaban J connectivity index is 1.57. The zero-order valence-electron chi connectivity index (χ0n) is 16.1. The van der Waals surface area contributed by atoms with Gasteiger partial charge in [-0.25, -0.2) is 23.1 Å². The van der Waals surface area contributed by atoms with Crippen LogP contribution in [0.5, 0.6) is 0 Å². The average Bonchev–Trinajstić information content (AvgIpc) is 2.74. The summed E-state index contributed by atoms with van der Waals surface area (Å²) < 4.78 is 26.3. The molecule has 1 amide bonds. The molecule has 1 fully saturated rings. The highest BCUT2D eigenvalue weighted by Crippen LogP contribution is 2.22.